The minimum Gasteiger partial charge on any atom is -0.325 e. The molecule has 2 aromatic heterocycles. The van der Waals surface area contributed by atoms with Gasteiger partial charge >= 0.3 is 0 Å². The summed E-state index contributed by atoms with van der Waals surface area (Å²) in [6, 6.07) is 24.4. The Morgan fingerprint density at radius 1 is 0.939 bits per heavy atom. The Bertz CT molecular complexity index is 1540. The van der Waals surface area contributed by atoms with Gasteiger partial charge in [0.2, 0.25) is 11.7 Å². The van der Waals surface area contributed by atoms with Crippen molar-refractivity contribution < 1.29 is 4.79 Å². The van der Waals surface area contributed by atoms with E-state index >= 15 is 0 Å². The van der Waals surface area contributed by atoms with Crippen LogP contribution in [0.2, 0.25) is 0 Å². The Morgan fingerprint density at radius 3 is 2.42 bits per heavy atom. The maximum Gasteiger partial charge on any atom is 0.267 e. The van der Waals surface area contributed by atoms with Crippen molar-refractivity contribution in [2.45, 2.75) is 24.3 Å². The topological polar surface area (TPSA) is 81.3 Å². The molecule has 0 bridgehead atoms. The summed E-state index contributed by atoms with van der Waals surface area (Å²) in [5, 5.41) is 12.3. The Balaban J connectivity index is 1.62. The van der Waals surface area contributed by atoms with Gasteiger partial charge in [0.05, 0.1) is 21.8 Å². The lowest BCUT2D eigenvalue weighted by molar-refractivity contribution is -0.115. The first-order chi connectivity index (χ1) is 16.0. The second-order valence-electron chi connectivity index (χ2n) is 7.68. The fraction of sp³-hybridized carbons (Fsp3) is 0.120. The van der Waals surface area contributed by atoms with Gasteiger partial charge in [-0.1, -0.05) is 60.3 Å². The number of amides is 1. The number of aromatic nitrogens is 4. The van der Waals surface area contributed by atoms with E-state index in [4.69, 9.17) is 0 Å². The van der Waals surface area contributed by atoms with E-state index in [0.717, 1.165) is 16.9 Å². The van der Waals surface area contributed by atoms with Crippen LogP contribution in [0.4, 0.5) is 5.69 Å². The molecule has 7 nitrogen and oxygen atoms in total. The Hall–Kier alpha value is -3.91. The van der Waals surface area contributed by atoms with Crippen LogP contribution in [0.5, 0.6) is 0 Å². The first-order valence-corrected chi connectivity index (χ1v) is 11.4. The number of rotatable bonds is 5. The fourth-order valence-electron chi connectivity index (χ4n) is 3.76. The van der Waals surface area contributed by atoms with E-state index in [1.165, 1.54) is 11.8 Å². The van der Waals surface area contributed by atoms with Gasteiger partial charge in [0, 0.05) is 5.69 Å². The summed E-state index contributed by atoms with van der Waals surface area (Å²) in [4.78, 5) is 26.2. The quantitative estimate of drug-likeness (QED) is 0.396. The van der Waals surface area contributed by atoms with Crippen LogP contribution in [0, 0.1) is 6.92 Å². The highest BCUT2D eigenvalue weighted by Crippen LogP contribution is 2.27. The number of carbonyl (C=O) groups excluding carboxylic acids is 1. The third kappa shape index (κ3) is 3.78. The van der Waals surface area contributed by atoms with Gasteiger partial charge in [-0.3, -0.25) is 14.0 Å². The van der Waals surface area contributed by atoms with Crippen molar-refractivity contribution in [1.82, 2.24) is 19.2 Å². The lowest BCUT2D eigenvalue weighted by atomic mass is 10.2. The number of para-hydroxylation sites is 3. The molecule has 33 heavy (non-hydrogen) atoms. The third-order valence-corrected chi connectivity index (χ3v) is 6.49. The molecular weight excluding hydrogens is 434 g/mol. The van der Waals surface area contributed by atoms with Crippen LogP contribution >= 0.6 is 11.8 Å². The van der Waals surface area contributed by atoms with Gasteiger partial charge in [-0.15, -0.1) is 10.2 Å². The summed E-state index contributed by atoms with van der Waals surface area (Å²) in [6.07, 6.45) is 0. The highest BCUT2D eigenvalue weighted by Gasteiger charge is 2.22. The molecule has 0 spiro atoms. The van der Waals surface area contributed by atoms with Gasteiger partial charge < -0.3 is 5.32 Å². The summed E-state index contributed by atoms with van der Waals surface area (Å²) in [5.74, 6) is 0.269. The van der Waals surface area contributed by atoms with Crippen molar-refractivity contribution in [1.29, 1.82) is 0 Å². The zero-order chi connectivity index (χ0) is 22.9. The number of thioether (sulfide) groups is 1. The van der Waals surface area contributed by atoms with E-state index in [1.54, 1.807) is 10.6 Å². The molecule has 0 radical (unpaired) electrons. The van der Waals surface area contributed by atoms with Crippen molar-refractivity contribution in [2.75, 3.05) is 5.32 Å². The van der Waals surface area contributed by atoms with Gasteiger partial charge in [-0.05, 0) is 49.7 Å². The molecule has 1 unspecified atom stereocenters. The second-order valence-corrected chi connectivity index (χ2v) is 8.99. The molecule has 0 saturated heterocycles. The zero-order valence-electron chi connectivity index (χ0n) is 18.1. The van der Waals surface area contributed by atoms with Crippen molar-refractivity contribution in [3.05, 3.63) is 94.8 Å². The number of carbonyl (C=O) groups is 1. The van der Waals surface area contributed by atoms with Gasteiger partial charge in [0.25, 0.3) is 5.56 Å². The minimum atomic E-state index is -0.435. The molecule has 2 heterocycles. The number of nitrogens with zero attached hydrogens (tertiary/aromatic N) is 4. The molecule has 0 aliphatic carbocycles. The van der Waals surface area contributed by atoms with Crippen LogP contribution in [0.3, 0.4) is 0 Å². The van der Waals surface area contributed by atoms with Crippen LogP contribution in [-0.4, -0.2) is 30.3 Å². The number of hydrogen-bond donors (Lipinski definition) is 1. The smallest absolute Gasteiger partial charge is 0.267 e. The molecule has 3 aromatic carbocycles. The first-order valence-electron chi connectivity index (χ1n) is 10.5. The molecule has 0 saturated carbocycles. The molecule has 5 aromatic rings. The maximum atomic E-state index is 13.4. The SMILES string of the molecule is Cc1ccccc1-n1c(=O)c2ccccc2n2c(SC(C)C(=O)Nc3ccccc3)nnc12. The van der Waals surface area contributed by atoms with Gasteiger partial charge in [-0.2, -0.15) is 0 Å². The molecule has 0 fully saturated rings. The first kappa shape index (κ1) is 21.0. The summed E-state index contributed by atoms with van der Waals surface area (Å²) in [5.41, 5.74) is 2.97. The van der Waals surface area contributed by atoms with Crippen molar-refractivity contribution in [2.24, 2.45) is 0 Å². The molecule has 1 amide bonds. The lowest BCUT2D eigenvalue weighted by Gasteiger charge is -2.14. The van der Waals surface area contributed by atoms with E-state index in [0.29, 0.717) is 21.8 Å². The van der Waals surface area contributed by atoms with E-state index in [9.17, 15) is 9.59 Å². The number of anilines is 1. The Labute approximate surface area is 194 Å². The molecular formula is C25H21N5O2S. The van der Waals surface area contributed by atoms with Crippen LogP contribution < -0.4 is 10.9 Å². The predicted octanol–water partition coefficient (Wildman–Crippen LogP) is 4.46. The molecule has 0 aliphatic heterocycles. The van der Waals surface area contributed by atoms with Crippen LogP contribution in [-0.2, 0) is 4.79 Å². The second kappa shape index (κ2) is 8.55. The standard InChI is InChI=1S/C25H21N5O2S/c1-16-10-6-8-14-20(16)29-23(32)19-13-7-9-15-21(19)30-24(29)27-28-25(30)33-17(2)22(31)26-18-11-4-3-5-12-18/h3-15,17H,1-2H3,(H,26,31). The van der Waals surface area contributed by atoms with Crippen molar-refractivity contribution in [3.8, 4) is 5.69 Å². The molecule has 164 valence electrons. The largest absolute Gasteiger partial charge is 0.325 e. The lowest BCUT2D eigenvalue weighted by Crippen LogP contribution is -2.24. The number of benzene rings is 3. The zero-order valence-corrected chi connectivity index (χ0v) is 18.9. The van der Waals surface area contributed by atoms with Crippen LogP contribution in [0.25, 0.3) is 22.4 Å². The number of nitrogens with one attached hydrogen (secondary N) is 1. The normalized spacial score (nSPS) is 12.2. The summed E-state index contributed by atoms with van der Waals surface area (Å²) in [6.45, 7) is 3.78. The average molecular weight is 456 g/mol. The van der Waals surface area contributed by atoms with Crippen LogP contribution in [0.15, 0.2) is 88.8 Å². The van der Waals surface area contributed by atoms with Crippen LogP contribution in [0.1, 0.15) is 12.5 Å². The Morgan fingerprint density at radius 2 is 1.64 bits per heavy atom. The molecule has 5 rings (SSSR count). The summed E-state index contributed by atoms with van der Waals surface area (Å²) in [7, 11) is 0. The summed E-state index contributed by atoms with van der Waals surface area (Å²) >= 11 is 1.30. The number of aryl methyl sites for hydroxylation is 1. The van der Waals surface area contributed by atoms with E-state index in [2.05, 4.69) is 15.5 Å². The van der Waals surface area contributed by atoms with E-state index in [1.807, 2.05) is 91.0 Å². The van der Waals surface area contributed by atoms with Crippen molar-refractivity contribution in [3.63, 3.8) is 0 Å². The average Bonchev–Trinajstić information content (AvgIpc) is 3.24. The number of fused-ring (bicyclic) bond motifs is 3. The highest BCUT2D eigenvalue weighted by atomic mass is 32.2. The van der Waals surface area contributed by atoms with Crippen molar-refractivity contribution >= 4 is 40.0 Å². The monoisotopic (exact) mass is 455 g/mol. The van der Waals surface area contributed by atoms with E-state index in [-0.39, 0.29) is 11.5 Å². The highest BCUT2D eigenvalue weighted by molar-refractivity contribution is 8.00. The predicted molar refractivity (Wildman–Crippen MR) is 131 cm³/mol. The van der Waals surface area contributed by atoms with Gasteiger partial charge in [0.15, 0.2) is 5.16 Å². The third-order valence-electron chi connectivity index (χ3n) is 5.44. The summed E-state index contributed by atoms with van der Waals surface area (Å²) < 4.78 is 3.43. The van der Waals surface area contributed by atoms with E-state index < -0.39 is 5.25 Å². The molecule has 1 N–H and O–H groups in total. The molecule has 8 heteroatoms. The fourth-order valence-corrected chi connectivity index (χ4v) is 4.62. The number of hydrogen-bond acceptors (Lipinski definition) is 5. The maximum absolute atomic E-state index is 13.4. The minimum absolute atomic E-state index is 0.139. The Kier molecular flexibility index (Phi) is 5.43. The van der Waals surface area contributed by atoms with Gasteiger partial charge in [-0.25, -0.2) is 4.57 Å². The molecule has 0 aliphatic rings. The van der Waals surface area contributed by atoms with Gasteiger partial charge in [0.1, 0.15) is 0 Å². The molecule has 1 atom stereocenters.